The van der Waals surface area contributed by atoms with Gasteiger partial charge in [-0.25, -0.2) is 13.5 Å². The van der Waals surface area contributed by atoms with Gasteiger partial charge in [0, 0.05) is 0 Å². The van der Waals surface area contributed by atoms with E-state index in [1.54, 1.807) is 4.68 Å². The third kappa shape index (κ3) is 5.58. The summed E-state index contributed by atoms with van der Waals surface area (Å²) in [4.78, 5) is 0. The van der Waals surface area contributed by atoms with Crippen LogP contribution in [0.15, 0.2) is 0 Å². The van der Waals surface area contributed by atoms with Gasteiger partial charge in [0.15, 0.2) is 5.69 Å². The van der Waals surface area contributed by atoms with E-state index in [-0.39, 0.29) is 17.0 Å². The van der Waals surface area contributed by atoms with Gasteiger partial charge in [-0.1, -0.05) is 58.8 Å². The van der Waals surface area contributed by atoms with Gasteiger partial charge in [0.1, 0.15) is 0 Å². The number of halogens is 2. The lowest BCUT2D eigenvalue weighted by atomic mass is 9.88. The van der Waals surface area contributed by atoms with E-state index in [1.165, 1.54) is 33.5 Å². The van der Waals surface area contributed by atoms with Crippen molar-refractivity contribution in [2.24, 2.45) is 0 Å². The largest absolute Gasteiger partial charge is 0.490 e. The summed E-state index contributed by atoms with van der Waals surface area (Å²) >= 11 is 0. The van der Waals surface area contributed by atoms with E-state index in [9.17, 15) is 8.78 Å². The molecule has 4 nitrogen and oxygen atoms in total. The molecule has 1 heterocycles. The molecule has 0 saturated heterocycles. The molecule has 1 aromatic heterocycles. The van der Waals surface area contributed by atoms with E-state index in [0.717, 1.165) is 38.5 Å². The topological polar surface area (TPSA) is 36.3 Å². The first-order valence-electron chi connectivity index (χ1n) is 9.44. The molecule has 0 aliphatic rings. The smallest absolute Gasteiger partial charge is 0.285 e. The van der Waals surface area contributed by atoms with Crippen LogP contribution in [-0.2, 0) is 5.54 Å². The van der Waals surface area contributed by atoms with Crippen LogP contribution in [0.25, 0.3) is 0 Å². The average molecular weight is 360 g/mol. The van der Waals surface area contributed by atoms with Crippen LogP contribution in [-0.4, -0.2) is 24.0 Å². The molecule has 0 aromatic carbocycles. The van der Waals surface area contributed by atoms with E-state index in [1.807, 2.05) is 0 Å². The van der Waals surface area contributed by atoms with Crippen LogP contribution in [0.5, 0.6) is 11.6 Å². The SMILES string of the molecule is CCCCCCCC(C)(CCCC)n1nc(C(F)F)c(OC)c1OC. The van der Waals surface area contributed by atoms with Crippen molar-refractivity contribution in [3.05, 3.63) is 5.69 Å². The van der Waals surface area contributed by atoms with Gasteiger partial charge in [0.2, 0.25) is 5.75 Å². The molecular weight excluding hydrogens is 326 g/mol. The van der Waals surface area contributed by atoms with Crippen LogP contribution in [0.3, 0.4) is 0 Å². The van der Waals surface area contributed by atoms with E-state index in [0.29, 0.717) is 5.88 Å². The minimum absolute atomic E-state index is 0.0474. The first-order valence-corrected chi connectivity index (χ1v) is 9.44. The second kappa shape index (κ2) is 10.6. The van der Waals surface area contributed by atoms with Crippen molar-refractivity contribution < 1.29 is 18.3 Å². The molecule has 1 rings (SSSR count). The van der Waals surface area contributed by atoms with Gasteiger partial charge in [0.05, 0.1) is 19.8 Å². The van der Waals surface area contributed by atoms with Crippen molar-refractivity contribution in [1.29, 1.82) is 0 Å². The molecule has 0 fully saturated rings. The van der Waals surface area contributed by atoms with E-state index >= 15 is 0 Å². The van der Waals surface area contributed by atoms with Crippen molar-refractivity contribution >= 4 is 0 Å². The van der Waals surface area contributed by atoms with Crippen LogP contribution in [0.4, 0.5) is 8.78 Å². The molecule has 1 atom stereocenters. The quantitative estimate of drug-likeness (QED) is 0.399. The standard InChI is InChI=1S/C19H34F2N2O2/c1-6-8-10-11-12-14-19(3,13-9-7-2)23-18(25-5)16(24-4)15(22-23)17(20)21/h17H,6-14H2,1-5H3. The van der Waals surface area contributed by atoms with Gasteiger partial charge in [-0.15, -0.1) is 0 Å². The van der Waals surface area contributed by atoms with Crippen LogP contribution in [0.1, 0.15) is 90.7 Å². The number of hydrogen-bond donors (Lipinski definition) is 0. The maximum absolute atomic E-state index is 13.4. The Hall–Kier alpha value is -1.33. The molecule has 1 aromatic rings. The van der Waals surface area contributed by atoms with Gasteiger partial charge in [0.25, 0.3) is 12.3 Å². The monoisotopic (exact) mass is 360 g/mol. The van der Waals surface area contributed by atoms with Gasteiger partial charge < -0.3 is 9.47 Å². The molecule has 0 N–H and O–H groups in total. The Morgan fingerprint density at radius 2 is 1.56 bits per heavy atom. The Labute approximate surface area is 150 Å². The van der Waals surface area contributed by atoms with E-state index in [4.69, 9.17) is 9.47 Å². The Kier molecular flexibility index (Phi) is 9.22. The lowest BCUT2D eigenvalue weighted by Crippen LogP contribution is -2.32. The van der Waals surface area contributed by atoms with Gasteiger partial charge >= 0.3 is 0 Å². The molecular formula is C19H34F2N2O2. The van der Waals surface area contributed by atoms with Crippen molar-refractivity contribution in [2.75, 3.05) is 14.2 Å². The lowest BCUT2D eigenvalue weighted by Gasteiger charge is -2.31. The molecule has 25 heavy (non-hydrogen) atoms. The summed E-state index contributed by atoms with van der Waals surface area (Å²) in [6.07, 6.45) is 6.99. The third-order valence-corrected chi connectivity index (χ3v) is 4.83. The molecule has 0 aliphatic carbocycles. The van der Waals surface area contributed by atoms with Gasteiger partial charge in [-0.05, 0) is 19.8 Å². The number of alkyl halides is 2. The highest BCUT2D eigenvalue weighted by Crippen LogP contribution is 2.42. The molecule has 6 heteroatoms. The number of methoxy groups -OCH3 is 2. The number of ether oxygens (including phenoxy) is 2. The predicted molar refractivity (Wildman–Crippen MR) is 96.8 cm³/mol. The van der Waals surface area contributed by atoms with Crippen LogP contribution in [0.2, 0.25) is 0 Å². The highest BCUT2D eigenvalue weighted by Gasteiger charge is 2.35. The first-order chi connectivity index (χ1) is 11.9. The normalized spacial score (nSPS) is 13.9. The fraction of sp³-hybridized carbons (Fsp3) is 0.842. The molecule has 0 radical (unpaired) electrons. The molecule has 0 amide bonds. The minimum Gasteiger partial charge on any atom is -0.490 e. The maximum Gasteiger partial charge on any atom is 0.285 e. The van der Waals surface area contributed by atoms with Crippen molar-refractivity contribution in [1.82, 2.24) is 9.78 Å². The summed E-state index contributed by atoms with van der Waals surface area (Å²) in [5.74, 6) is 0.344. The summed E-state index contributed by atoms with van der Waals surface area (Å²) in [5, 5.41) is 4.21. The zero-order valence-electron chi connectivity index (χ0n) is 16.4. The Balaban J connectivity index is 3.11. The maximum atomic E-state index is 13.4. The van der Waals surface area contributed by atoms with Crippen molar-refractivity contribution in [3.8, 4) is 11.6 Å². The predicted octanol–water partition coefficient (Wildman–Crippen LogP) is 6.10. The number of hydrogen-bond acceptors (Lipinski definition) is 3. The van der Waals surface area contributed by atoms with Crippen molar-refractivity contribution in [3.63, 3.8) is 0 Å². The Morgan fingerprint density at radius 1 is 0.960 bits per heavy atom. The third-order valence-electron chi connectivity index (χ3n) is 4.83. The summed E-state index contributed by atoms with van der Waals surface area (Å²) < 4.78 is 39.0. The van der Waals surface area contributed by atoms with Crippen LogP contribution < -0.4 is 9.47 Å². The highest BCUT2D eigenvalue weighted by atomic mass is 19.3. The molecule has 1 unspecified atom stereocenters. The number of rotatable bonds is 13. The Bertz CT molecular complexity index is 506. The van der Waals surface area contributed by atoms with Crippen molar-refractivity contribution in [2.45, 2.75) is 90.5 Å². The van der Waals surface area contributed by atoms with Gasteiger partial charge in [-0.2, -0.15) is 5.10 Å². The summed E-state index contributed by atoms with van der Waals surface area (Å²) in [5.41, 5.74) is -0.693. The lowest BCUT2D eigenvalue weighted by molar-refractivity contribution is 0.137. The number of nitrogens with zero attached hydrogens (tertiary/aromatic N) is 2. The first kappa shape index (κ1) is 21.7. The van der Waals surface area contributed by atoms with Gasteiger partial charge in [-0.3, -0.25) is 0 Å². The second-order valence-electron chi connectivity index (χ2n) is 6.90. The molecule has 0 bridgehead atoms. The second-order valence-corrected chi connectivity index (χ2v) is 6.90. The number of unbranched alkanes of at least 4 members (excludes halogenated alkanes) is 5. The molecule has 146 valence electrons. The Morgan fingerprint density at radius 3 is 2.08 bits per heavy atom. The molecule has 0 spiro atoms. The van der Waals surface area contributed by atoms with E-state index in [2.05, 4.69) is 25.9 Å². The fourth-order valence-electron chi connectivity index (χ4n) is 3.29. The summed E-state index contributed by atoms with van der Waals surface area (Å²) in [6, 6.07) is 0. The average Bonchev–Trinajstić information content (AvgIpc) is 2.99. The fourth-order valence-corrected chi connectivity index (χ4v) is 3.29. The zero-order chi connectivity index (χ0) is 18.9. The zero-order valence-corrected chi connectivity index (χ0v) is 16.4. The molecule has 0 aliphatic heterocycles. The van der Waals surface area contributed by atoms with Crippen LogP contribution in [0, 0.1) is 0 Å². The number of aromatic nitrogens is 2. The van der Waals surface area contributed by atoms with E-state index < -0.39 is 6.43 Å². The summed E-state index contributed by atoms with van der Waals surface area (Å²) in [7, 11) is 2.86. The minimum atomic E-state index is -2.69. The van der Waals surface area contributed by atoms with Crippen LogP contribution >= 0.6 is 0 Å². The molecule has 0 saturated carbocycles. The summed E-state index contributed by atoms with van der Waals surface area (Å²) in [6.45, 7) is 6.41. The highest BCUT2D eigenvalue weighted by molar-refractivity contribution is 5.40.